The van der Waals surface area contributed by atoms with Crippen molar-refractivity contribution >= 4 is 36.5 Å². The molecule has 26 heavy (non-hydrogen) atoms. The Morgan fingerprint density at radius 2 is 1.88 bits per heavy atom. The molecule has 0 spiro atoms. The van der Waals surface area contributed by atoms with Gasteiger partial charge in [0.1, 0.15) is 12.1 Å². The van der Waals surface area contributed by atoms with Gasteiger partial charge in [0, 0.05) is 19.3 Å². The second kappa shape index (κ2) is 8.23. The van der Waals surface area contributed by atoms with Gasteiger partial charge in [0.05, 0.1) is 5.92 Å². The smallest absolute Gasteiger partial charge is 0.410 e. The normalized spacial score (nSPS) is 27.9. The number of carbonyl (C=O) groups is 4. The molecule has 5 atom stereocenters. The minimum atomic E-state index is -2.16. The fourth-order valence-electron chi connectivity index (χ4n) is 3.47. The third kappa shape index (κ3) is 3.51. The van der Waals surface area contributed by atoms with E-state index in [1.165, 1.54) is 13.8 Å². The molecule has 3 amide bonds. The van der Waals surface area contributed by atoms with Crippen LogP contribution in [-0.4, -0.2) is 84.3 Å². The molecule has 0 saturated carbocycles. The third-order valence-electron chi connectivity index (χ3n) is 4.61. The number of carbonyl (C=O) groups excluding carboxylic acids is 2. The quantitative estimate of drug-likeness (QED) is 0.361. The van der Waals surface area contributed by atoms with Crippen LogP contribution in [0, 0.1) is 11.8 Å². The zero-order valence-corrected chi connectivity index (χ0v) is 15.6. The molecule has 1 saturated heterocycles. The summed E-state index contributed by atoms with van der Waals surface area (Å²) >= 11 is 3.88. The van der Waals surface area contributed by atoms with Crippen molar-refractivity contribution in [3.63, 3.8) is 0 Å². The van der Waals surface area contributed by atoms with Gasteiger partial charge < -0.3 is 20.4 Å². The van der Waals surface area contributed by atoms with Gasteiger partial charge in [-0.15, -0.1) is 0 Å². The molecule has 1 aliphatic heterocycles. The number of aliphatic hydroxyl groups is 2. The highest BCUT2D eigenvalue weighted by Crippen LogP contribution is 2.43. The van der Waals surface area contributed by atoms with Crippen molar-refractivity contribution in [1.82, 2.24) is 9.80 Å². The lowest BCUT2D eigenvalue weighted by Gasteiger charge is -2.48. The molecule has 1 fully saturated rings. The lowest BCUT2D eigenvalue weighted by atomic mass is 9.86. The summed E-state index contributed by atoms with van der Waals surface area (Å²) in [6, 6.07) is -1.73. The van der Waals surface area contributed by atoms with Gasteiger partial charge in [-0.1, -0.05) is 13.8 Å². The monoisotopic (exact) mass is 392 g/mol. The van der Waals surface area contributed by atoms with Crippen LogP contribution in [0.5, 0.6) is 0 Å². The van der Waals surface area contributed by atoms with Gasteiger partial charge in [0.15, 0.2) is 5.66 Å². The second-order valence-electron chi connectivity index (χ2n) is 6.49. The Bertz CT molecular complexity index is 600. The minimum Gasteiger partial charge on any atom is -0.480 e. The number of aliphatic carboxylic acids is 1. The largest absolute Gasteiger partial charge is 0.480 e. The highest BCUT2D eigenvalue weighted by molar-refractivity contribution is 7.80. The van der Waals surface area contributed by atoms with Crippen LogP contribution in [0.2, 0.25) is 0 Å². The van der Waals surface area contributed by atoms with Crippen LogP contribution in [0.3, 0.4) is 0 Å². The first-order valence-electron chi connectivity index (χ1n) is 7.96. The van der Waals surface area contributed by atoms with E-state index in [9.17, 15) is 39.6 Å². The standard InChI is InChI=1S/C15H24N2O8S/c1-7(5-18)4-15(17(14(24)25)10(6-26)13(22)23)11(20)8(2)12(21)16(15)9(3)19/h7-8,10-11,18,20,26H,4-6H2,1-3H3,(H,22,23)(H,24,25)/t7?,8-,10+,11+,15-/m1/s1. The summed E-state index contributed by atoms with van der Waals surface area (Å²) in [6.07, 6.45) is -3.74. The van der Waals surface area contributed by atoms with E-state index in [1.54, 1.807) is 0 Å². The first-order chi connectivity index (χ1) is 12.0. The summed E-state index contributed by atoms with van der Waals surface area (Å²) < 4.78 is 0. The molecule has 0 bridgehead atoms. The average Bonchev–Trinajstić information content (AvgIpc) is 2.73. The summed E-state index contributed by atoms with van der Waals surface area (Å²) in [7, 11) is 0. The molecule has 4 N–H and O–H groups in total. The number of likely N-dealkylation sites (tertiary alicyclic amines) is 1. The van der Waals surface area contributed by atoms with Gasteiger partial charge in [-0.25, -0.2) is 9.59 Å². The molecule has 1 aliphatic rings. The van der Waals surface area contributed by atoms with Gasteiger partial charge in [-0.3, -0.25) is 19.4 Å². The molecule has 11 heteroatoms. The van der Waals surface area contributed by atoms with Crippen molar-refractivity contribution in [2.75, 3.05) is 12.4 Å². The van der Waals surface area contributed by atoms with Gasteiger partial charge in [-0.05, 0) is 12.3 Å². The number of rotatable bonds is 7. The predicted molar refractivity (Wildman–Crippen MR) is 91.4 cm³/mol. The van der Waals surface area contributed by atoms with Crippen LogP contribution in [0.25, 0.3) is 0 Å². The van der Waals surface area contributed by atoms with E-state index in [0.29, 0.717) is 9.80 Å². The minimum absolute atomic E-state index is 0.329. The number of hydrogen-bond acceptors (Lipinski definition) is 7. The van der Waals surface area contributed by atoms with Crippen molar-refractivity contribution in [3.05, 3.63) is 0 Å². The number of carboxylic acids is 1. The molecule has 1 rings (SSSR count). The van der Waals surface area contributed by atoms with Crippen molar-refractivity contribution < 1.29 is 39.6 Å². The van der Waals surface area contributed by atoms with Gasteiger partial charge >= 0.3 is 12.1 Å². The number of imide groups is 1. The van der Waals surface area contributed by atoms with E-state index < -0.39 is 65.9 Å². The predicted octanol–water partition coefficient (Wildman–Crippen LogP) is -0.550. The molecule has 0 aromatic heterocycles. The second-order valence-corrected chi connectivity index (χ2v) is 6.85. The zero-order valence-electron chi connectivity index (χ0n) is 14.7. The fraction of sp³-hybridized carbons (Fsp3) is 0.733. The number of amides is 3. The van der Waals surface area contributed by atoms with Gasteiger partial charge in [0.25, 0.3) is 0 Å². The van der Waals surface area contributed by atoms with Crippen LogP contribution in [0.1, 0.15) is 27.2 Å². The number of carboxylic acid groups (broad SMARTS) is 2. The van der Waals surface area contributed by atoms with Crippen molar-refractivity contribution in [1.29, 1.82) is 0 Å². The Labute approximate surface area is 155 Å². The van der Waals surface area contributed by atoms with E-state index in [-0.39, 0.29) is 6.42 Å². The lowest BCUT2D eigenvalue weighted by Crippen LogP contribution is -2.70. The molecule has 10 nitrogen and oxygen atoms in total. The SMILES string of the molecule is CC(=O)N1C(=O)[C@H](C)[C@H](O)[C@@]1(CC(C)CO)N(C(=O)O)[C@@H](CS)C(=O)O. The maximum Gasteiger partial charge on any atom is 0.410 e. The van der Waals surface area contributed by atoms with Gasteiger partial charge in [0.2, 0.25) is 11.8 Å². The number of thiol groups is 1. The maximum atomic E-state index is 12.5. The summed E-state index contributed by atoms with van der Waals surface area (Å²) in [5.41, 5.74) is -2.16. The lowest BCUT2D eigenvalue weighted by molar-refractivity contribution is -0.168. The Balaban J connectivity index is 3.77. The first kappa shape index (κ1) is 22.2. The van der Waals surface area contributed by atoms with Crippen molar-refractivity contribution in [3.8, 4) is 0 Å². The van der Waals surface area contributed by atoms with E-state index in [4.69, 9.17) is 0 Å². The fourth-order valence-corrected chi connectivity index (χ4v) is 3.79. The van der Waals surface area contributed by atoms with Crippen LogP contribution in [0.15, 0.2) is 0 Å². The molecular formula is C15H24N2O8S. The number of aliphatic hydroxyl groups excluding tert-OH is 2. The Kier molecular flexibility index (Phi) is 7.02. The Hall–Kier alpha value is -1.85. The van der Waals surface area contributed by atoms with E-state index in [1.807, 2.05) is 0 Å². The maximum absolute atomic E-state index is 12.5. The number of nitrogens with zero attached hydrogens (tertiary/aromatic N) is 2. The molecule has 0 aromatic rings. The van der Waals surface area contributed by atoms with E-state index in [2.05, 4.69) is 12.6 Å². The highest BCUT2D eigenvalue weighted by atomic mass is 32.1. The average molecular weight is 392 g/mol. The van der Waals surface area contributed by atoms with Crippen LogP contribution < -0.4 is 0 Å². The van der Waals surface area contributed by atoms with E-state index >= 15 is 0 Å². The zero-order chi connectivity index (χ0) is 20.4. The summed E-state index contributed by atoms with van der Waals surface area (Å²) in [4.78, 5) is 49.3. The Morgan fingerprint density at radius 1 is 1.35 bits per heavy atom. The summed E-state index contributed by atoms with van der Waals surface area (Å²) in [6.45, 7) is 3.45. The molecule has 1 unspecified atom stereocenters. The molecule has 0 radical (unpaired) electrons. The van der Waals surface area contributed by atoms with Crippen LogP contribution in [-0.2, 0) is 14.4 Å². The topological polar surface area (TPSA) is 156 Å². The molecular weight excluding hydrogens is 368 g/mol. The molecule has 1 heterocycles. The highest BCUT2D eigenvalue weighted by Gasteiger charge is 2.64. The molecule has 0 aromatic carbocycles. The first-order valence-corrected chi connectivity index (χ1v) is 8.60. The summed E-state index contributed by atoms with van der Waals surface area (Å²) in [5, 5.41) is 39.3. The third-order valence-corrected chi connectivity index (χ3v) is 4.96. The number of hydrogen-bond donors (Lipinski definition) is 5. The van der Waals surface area contributed by atoms with E-state index in [0.717, 1.165) is 6.92 Å². The van der Waals surface area contributed by atoms with Crippen LogP contribution >= 0.6 is 12.6 Å². The van der Waals surface area contributed by atoms with Gasteiger partial charge in [-0.2, -0.15) is 12.6 Å². The van der Waals surface area contributed by atoms with Crippen molar-refractivity contribution in [2.45, 2.75) is 45.0 Å². The Morgan fingerprint density at radius 3 is 2.23 bits per heavy atom. The molecule has 0 aliphatic carbocycles. The van der Waals surface area contributed by atoms with Crippen LogP contribution in [0.4, 0.5) is 4.79 Å². The summed E-state index contributed by atoms with van der Waals surface area (Å²) in [5.74, 6) is -5.41. The van der Waals surface area contributed by atoms with Crippen molar-refractivity contribution in [2.24, 2.45) is 11.8 Å². The molecule has 148 valence electrons.